The molecule has 17 heavy (non-hydrogen) atoms. The molecule has 0 radical (unpaired) electrons. The highest BCUT2D eigenvalue weighted by Gasteiger charge is 2.32. The van der Waals surface area contributed by atoms with E-state index in [1.807, 2.05) is 13.8 Å². The van der Waals surface area contributed by atoms with Gasteiger partial charge in [-0.15, -0.1) is 0 Å². The Kier molecular flexibility index (Phi) is 5.61. The van der Waals surface area contributed by atoms with E-state index in [1.54, 1.807) is 0 Å². The fourth-order valence-corrected chi connectivity index (χ4v) is 1.43. The van der Waals surface area contributed by atoms with Crippen molar-refractivity contribution in [1.29, 1.82) is 0 Å². The van der Waals surface area contributed by atoms with Gasteiger partial charge in [0.25, 0.3) is 0 Å². The Hall–Kier alpha value is -1.10. The number of carboxylic acids is 1. The average Bonchev–Trinajstić information content (AvgIpc) is 2.16. The lowest BCUT2D eigenvalue weighted by Crippen LogP contribution is -2.47. The summed E-state index contributed by atoms with van der Waals surface area (Å²) in [6, 6.07) is 0. The number of rotatable bonds is 7. The van der Waals surface area contributed by atoms with Crippen molar-refractivity contribution in [2.24, 2.45) is 5.41 Å². The number of aliphatic hydroxyl groups is 1. The summed E-state index contributed by atoms with van der Waals surface area (Å²) in [4.78, 5) is 22.7. The van der Waals surface area contributed by atoms with Gasteiger partial charge >= 0.3 is 5.97 Å². The van der Waals surface area contributed by atoms with Gasteiger partial charge in [0.05, 0.1) is 5.41 Å². The van der Waals surface area contributed by atoms with Crippen LogP contribution in [0, 0.1) is 5.41 Å². The zero-order valence-corrected chi connectivity index (χ0v) is 11.0. The lowest BCUT2D eigenvalue weighted by atomic mass is 9.88. The molecule has 1 unspecified atom stereocenters. The summed E-state index contributed by atoms with van der Waals surface area (Å²) >= 11 is 0. The Bertz CT molecular complexity index is 288. The van der Waals surface area contributed by atoms with Gasteiger partial charge < -0.3 is 15.5 Å². The van der Waals surface area contributed by atoms with Crippen molar-refractivity contribution in [2.75, 3.05) is 6.61 Å². The summed E-state index contributed by atoms with van der Waals surface area (Å²) in [5.74, 6) is -1.29. The third kappa shape index (κ3) is 5.17. The molecular weight excluding hydrogens is 222 g/mol. The summed E-state index contributed by atoms with van der Waals surface area (Å²) < 4.78 is 0. The van der Waals surface area contributed by atoms with Gasteiger partial charge in [0, 0.05) is 18.6 Å². The molecule has 0 aromatic carbocycles. The number of hydrogen-bond acceptors (Lipinski definition) is 3. The van der Waals surface area contributed by atoms with Crippen molar-refractivity contribution in [3.63, 3.8) is 0 Å². The second kappa shape index (κ2) is 6.00. The number of aliphatic carboxylic acids is 1. The zero-order chi connectivity index (χ0) is 13.7. The second-order valence-electron chi connectivity index (χ2n) is 5.30. The van der Waals surface area contributed by atoms with Crippen LogP contribution >= 0.6 is 0 Å². The first-order valence-corrected chi connectivity index (χ1v) is 5.82. The molecule has 0 aliphatic rings. The average molecular weight is 245 g/mol. The van der Waals surface area contributed by atoms with E-state index in [9.17, 15) is 9.59 Å². The molecule has 0 spiro atoms. The molecule has 1 amide bonds. The van der Waals surface area contributed by atoms with Crippen LogP contribution in [0.15, 0.2) is 0 Å². The molecule has 0 aliphatic heterocycles. The van der Waals surface area contributed by atoms with E-state index in [0.717, 1.165) is 0 Å². The van der Waals surface area contributed by atoms with Gasteiger partial charge in [0.15, 0.2) is 0 Å². The first kappa shape index (κ1) is 15.9. The molecule has 0 rings (SSSR count). The minimum absolute atomic E-state index is 0.00700. The molecule has 0 aliphatic carbocycles. The first-order chi connectivity index (χ1) is 7.67. The largest absolute Gasteiger partial charge is 0.481 e. The Labute approximate surface area is 102 Å². The van der Waals surface area contributed by atoms with Crippen LogP contribution in [0.25, 0.3) is 0 Å². The smallest absolute Gasteiger partial charge is 0.309 e. The van der Waals surface area contributed by atoms with E-state index in [-0.39, 0.29) is 18.9 Å². The minimum atomic E-state index is -1.07. The maximum atomic E-state index is 11.8. The van der Waals surface area contributed by atoms with Crippen molar-refractivity contribution >= 4 is 11.9 Å². The summed E-state index contributed by atoms with van der Waals surface area (Å²) in [6.45, 7) is 6.79. The lowest BCUT2D eigenvalue weighted by molar-refractivity contribution is -0.149. The standard InChI is InChI=1S/C12H23NO4/c1-5-12(4,6-7-14)13-9(15)8-11(2,3)10(16)17/h14H,5-8H2,1-4H3,(H,13,15)(H,16,17). The minimum Gasteiger partial charge on any atom is -0.481 e. The lowest BCUT2D eigenvalue weighted by Gasteiger charge is -2.30. The van der Waals surface area contributed by atoms with Gasteiger partial charge in [-0.3, -0.25) is 9.59 Å². The van der Waals surface area contributed by atoms with Crippen LogP contribution in [0.3, 0.4) is 0 Å². The molecule has 5 heteroatoms. The van der Waals surface area contributed by atoms with Crippen molar-refractivity contribution in [3.05, 3.63) is 0 Å². The highest BCUT2D eigenvalue weighted by atomic mass is 16.4. The van der Waals surface area contributed by atoms with E-state index in [0.29, 0.717) is 12.8 Å². The number of aliphatic hydroxyl groups excluding tert-OH is 1. The third-order valence-electron chi connectivity index (χ3n) is 3.07. The van der Waals surface area contributed by atoms with Crippen LogP contribution in [0.1, 0.15) is 47.0 Å². The van der Waals surface area contributed by atoms with Gasteiger partial charge in [-0.25, -0.2) is 0 Å². The molecule has 1 atom stereocenters. The van der Waals surface area contributed by atoms with E-state index >= 15 is 0 Å². The fourth-order valence-electron chi connectivity index (χ4n) is 1.43. The quantitative estimate of drug-likeness (QED) is 0.628. The highest BCUT2D eigenvalue weighted by molar-refractivity contribution is 5.84. The van der Waals surface area contributed by atoms with E-state index < -0.39 is 16.9 Å². The van der Waals surface area contributed by atoms with Crippen LogP contribution in [0.5, 0.6) is 0 Å². The SMILES string of the molecule is CCC(C)(CCO)NC(=O)CC(C)(C)C(=O)O. The fraction of sp³-hybridized carbons (Fsp3) is 0.833. The summed E-state index contributed by atoms with van der Waals surface area (Å²) in [5, 5.41) is 20.6. The van der Waals surface area contributed by atoms with E-state index in [2.05, 4.69) is 5.32 Å². The van der Waals surface area contributed by atoms with Crippen molar-refractivity contribution in [1.82, 2.24) is 5.32 Å². The van der Waals surface area contributed by atoms with E-state index in [1.165, 1.54) is 13.8 Å². The molecule has 0 fully saturated rings. The van der Waals surface area contributed by atoms with Crippen LogP contribution in [0.2, 0.25) is 0 Å². The monoisotopic (exact) mass is 245 g/mol. The second-order valence-corrected chi connectivity index (χ2v) is 5.30. The molecule has 0 saturated carbocycles. The van der Waals surface area contributed by atoms with Gasteiger partial charge in [0.1, 0.15) is 0 Å². The van der Waals surface area contributed by atoms with E-state index in [4.69, 9.17) is 10.2 Å². The number of hydrogen-bond donors (Lipinski definition) is 3. The van der Waals surface area contributed by atoms with Crippen molar-refractivity contribution in [3.8, 4) is 0 Å². The van der Waals surface area contributed by atoms with Crippen LogP contribution in [-0.2, 0) is 9.59 Å². The summed E-state index contributed by atoms with van der Waals surface area (Å²) in [6.07, 6.45) is 1.08. The summed E-state index contributed by atoms with van der Waals surface area (Å²) in [5.41, 5.74) is -1.54. The molecule has 3 N–H and O–H groups in total. The van der Waals surface area contributed by atoms with Crippen molar-refractivity contribution in [2.45, 2.75) is 52.5 Å². The predicted molar refractivity (Wildman–Crippen MR) is 64.6 cm³/mol. The maximum absolute atomic E-state index is 11.8. The third-order valence-corrected chi connectivity index (χ3v) is 3.07. The number of nitrogens with one attached hydrogen (secondary N) is 1. The Morgan fingerprint density at radius 1 is 1.24 bits per heavy atom. The molecule has 0 bridgehead atoms. The Morgan fingerprint density at radius 2 is 1.76 bits per heavy atom. The maximum Gasteiger partial charge on any atom is 0.309 e. The highest BCUT2D eigenvalue weighted by Crippen LogP contribution is 2.22. The molecular formula is C12H23NO4. The van der Waals surface area contributed by atoms with Gasteiger partial charge in [0.2, 0.25) is 5.91 Å². The number of carbonyl (C=O) groups is 2. The molecule has 0 aromatic rings. The van der Waals surface area contributed by atoms with Crippen molar-refractivity contribution < 1.29 is 19.8 Å². The van der Waals surface area contributed by atoms with Gasteiger partial charge in [-0.05, 0) is 33.6 Å². The molecule has 0 saturated heterocycles. The normalized spacial score (nSPS) is 15.1. The number of carboxylic acid groups (broad SMARTS) is 1. The molecule has 0 heterocycles. The van der Waals surface area contributed by atoms with Crippen LogP contribution in [0.4, 0.5) is 0 Å². The molecule has 0 aromatic heterocycles. The first-order valence-electron chi connectivity index (χ1n) is 5.82. The van der Waals surface area contributed by atoms with Gasteiger partial charge in [-0.2, -0.15) is 0 Å². The Balaban J connectivity index is 4.49. The Morgan fingerprint density at radius 3 is 2.12 bits per heavy atom. The predicted octanol–water partition coefficient (Wildman–Crippen LogP) is 1.15. The van der Waals surface area contributed by atoms with Gasteiger partial charge in [-0.1, -0.05) is 6.92 Å². The zero-order valence-electron chi connectivity index (χ0n) is 11.0. The molecule has 100 valence electrons. The number of amides is 1. The number of carbonyl (C=O) groups excluding carboxylic acids is 1. The van der Waals surface area contributed by atoms with Crippen LogP contribution in [-0.4, -0.2) is 34.2 Å². The topological polar surface area (TPSA) is 86.6 Å². The molecule has 5 nitrogen and oxygen atoms in total. The summed E-state index contributed by atoms with van der Waals surface area (Å²) in [7, 11) is 0. The van der Waals surface area contributed by atoms with Crippen LogP contribution < -0.4 is 5.32 Å².